The highest BCUT2D eigenvalue weighted by molar-refractivity contribution is 5.92. The van der Waals surface area contributed by atoms with Crippen LogP contribution in [0.2, 0.25) is 0 Å². The zero-order valence-corrected chi connectivity index (χ0v) is 18.3. The van der Waals surface area contributed by atoms with Crippen LogP contribution in [0.3, 0.4) is 0 Å². The number of hydrogen-bond donors (Lipinski definition) is 1. The predicted molar refractivity (Wildman–Crippen MR) is 124 cm³/mol. The van der Waals surface area contributed by atoms with Crippen LogP contribution in [0.5, 0.6) is 0 Å². The van der Waals surface area contributed by atoms with E-state index in [0.29, 0.717) is 12.1 Å². The van der Waals surface area contributed by atoms with E-state index in [9.17, 15) is 4.79 Å². The molecule has 29 heavy (non-hydrogen) atoms. The molecule has 1 N–H and O–H groups in total. The van der Waals surface area contributed by atoms with Crippen LogP contribution in [0.25, 0.3) is 10.8 Å². The molecule has 0 spiro atoms. The summed E-state index contributed by atoms with van der Waals surface area (Å²) in [5.74, 6) is 1.64. The molecule has 0 atom stereocenters. The molecule has 2 aromatic carbocycles. The highest BCUT2D eigenvalue weighted by Gasteiger charge is 2.22. The second-order valence-corrected chi connectivity index (χ2v) is 8.94. The Bertz CT molecular complexity index is 830. The summed E-state index contributed by atoms with van der Waals surface area (Å²) in [7, 11) is 0. The summed E-state index contributed by atoms with van der Waals surface area (Å²) < 4.78 is 0. The van der Waals surface area contributed by atoms with Gasteiger partial charge in [0, 0.05) is 12.1 Å². The van der Waals surface area contributed by atoms with Crippen molar-refractivity contribution >= 4 is 16.7 Å². The molecule has 1 aliphatic rings. The van der Waals surface area contributed by atoms with E-state index in [4.69, 9.17) is 0 Å². The van der Waals surface area contributed by atoms with Crippen LogP contribution in [0, 0.1) is 5.92 Å². The smallest absolute Gasteiger partial charge is 0.246 e. The van der Waals surface area contributed by atoms with Crippen LogP contribution >= 0.6 is 0 Å². The third kappa shape index (κ3) is 6.19. The standard InChI is InChI=1S/C27H37NO/c1-4-5-6-7-21-8-11-23(12-9-21)25-15-14-24-18-22(10-13-26(24)19-25)16-17-28-27(29)20(2)3/h10,13-15,18-19,21,23H,2,4-9,11-12,16-17H2,1,3H3,(H,28,29). The monoisotopic (exact) mass is 391 g/mol. The van der Waals surface area contributed by atoms with Crippen LogP contribution in [0.1, 0.15) is 82.3 Å². The molecule has 2 aromatic rings. The van der Waals surface area contributed by atoms with Gasteiger partial charge in [0.25, 0.3) is 0 Å². The number of hydrogen-bond acceptors (Lipinski definition) is 1. The number of nitrogens with one attached hydrogen (secondary N) is 1. The van der Waals surface area contributed by atoms with Crippen LogP contribution in [0.15, 0.2) is 48.6 Å². The number of unbranched alkanes of at least 4 members (excludes halogenated alkanes) is 2. The van der Waals surface area contributed by atoms with Gasteiger partial charge >= 0.3 is 0 Å². The molecule has 1 amide bonds. The lowest BCUT2D eigenvalue weighted by Gasteiger charge is -2.29. The quantitative estimate of drug-likeness (QED) is 0.364. The van der Waals surface area contributed by atoms with Crippen molar-refractivity contribution in [2.24, 2.45) is 5.92 Å². The number of amides is 1. The van der Waals surface area contributed by atoms with Crippen molar-refractivity contribution in [3.63, 3.8) is 0 Å². The fourth-order valence-electron chi connectivity index (χ4n) is 4.66. The number of carbonyl (C=O) groups is 1. The zero-order chi connectivity index (χ0) is 20.6. The Morgan fingerprint density at radius 1 is 1.03 bits per heavy atom. The Balaban J connectivity index is 1.55. The Morgan fingerprint density at radius 3 is 2.48 bits per heavy atom. The molecule has 0 bridgehead atoms. The molecule has 2 nitrogen and oxygen atoms in total. The Kier molecular flexibility index (Phi) is 7.91. The van der Waals surface area contributed by atoms with Crippen LogP contribution < -0.4 is 5.32 Å². The minimum Gasteiger partial charge on any atom is -0.352 e. The fourth-order valence-corrected chi connectivity index (χ4v) is 4.66. The molecule has 3 rings (SSSR count). The molecule has 0 aromatic heterocycles. The van der Waals surface area contributed by atoms with Gasteiger partial charge in [-0.15, -0.1) is 0 Å². The van der Waals surface area contributed by atoms with E-state index < -0.39 is 0 Å². The van der Waals surface area contributed by atoms with Gasteiger partial charge in [-0.3, -0.25) is 4.79 Å². The molecule has 0 heterocycles. The summed E-state index contributed by atoms with van der Waals surface area (Å²) >= 11 is 0. The van der Waals surface area contributed by atoms with E-state index in [1.807, 2.05) is 0 Å². The largest absolute Gasteiger partial charge is 0.352 e. The Labute approximate surface area is 176 Å². The second kappa shape index (κ2) is 10.6. The molecule has 0 radical (unpaired) electrons. The molecule has 1 fully saturated rings. The molecule has 2 heteroatoms. The first-order chi connectivity index (χ1) is 14.1. The van der Waals surface area contributed by atoms with E-state index >= 15 is 0 Å². The van der Waals surface area contributed by atoms with Gasteiger partial charge in [-0.2, -0.15) is 0 Å². The maximum Gasteiger partial charge on any atom is 0.246 e. The average molecular weight is 392 g/mol. The van der Waals surface area contributed by atoms with Crippen LogP contribution in [0.4, 0.5) is 0 Å². The molecule has 0 saturated heterocycles. The van der Waals surface area contributed by atoms with E-state index in [-0.39, 0.29) is 5.91 Å². The summed E-state index contributed by atoms with van der Waals surface area (Å²) in [6, 6.07) is 13.7. The highest BCUT2D eigenvalue weighted by atomic mass is 16.1. The summed E-state index contributed by atoms with van der Waals surface area (Å²) in [5, 5.41) is 5.54. The van der Waals surface area contributed by atoms with Crippen LogP contribution in [-0.4, -0.2) is 12.5 Å². The summed E-state index contributed by atoms with van der Waals surface area (Å²) in [5.41, 5.74) is 3.34. The minimum absolute atomic E-state index is 0.0597. The molecular formula is C27H37NO. The van der Waals surface area contributed by atoms with Crippen LogP contribution in [-0.2, 0) is 11.2 Å². The molecule has 0 unspecified atom stereocenters. The lowest BCUT2D eigenvalue weighted by Crippen LogP contribution is -2.25. The van der Waals surface area contributed by atoms with Gasteiger partial charge in [-0.05, 0) is 72.8 Å². The van der Waals surface area contributed by atoms with E-state index in [1.54, 1.807) is 6.92 Å². The third-order valence-corrected chi connectivity index (χ3v) is 6.55. The van der Waals surface area contributed by atoms with Crippen molar-refractivity contribution in [2.75, 3.05) is 6.54 Å². The SMILES string of the molecule is C=C(C)C(=O)NCCc1ccc2cc(C3CCC(CCCCC)CC3)ccc2c1. The maximum absolute atomic E-state index is 11.6. The lowest BCUT2D eigenvalue weighted by molar-refractivity contribution is -0.117. The number of benzene rings is 2. The number of rotatable bonds is 9. The topological polar surface area (TPSA) is 29.1 Å². The van der Waals surface area contributed by atoms with Crippen molar-refractivity contribution in [3.05, 3.63) is 59.7 Å². The zero-order valence-electron chi connectivity index (χ0n) is 18.3. The van der Waals surface area contributed by atoms with Crippen molar-refractivity contribution < 1.29 is 4.79 Å². The van der Waals surface area contributed by atoms with Gasteiger partial charge in [-0.1, -0.05) is 75.6 Å². The minimum atomic E-state index is -0.0597. The summed E-state index contributed by atoms with van der Waals surface area (Å²) in [6.07, 6.45) is 11.9. The first kappa shape index (κ1) is 21.6. The molecule has 1 saturated carbocycles. The average Bonchev–Trinajstić information content (AvgIpc) is 2.74. The normalized spacial score (nSPS) is 19.2. The molecule has 0 aliphatic heterocycles. The number of carbonyl (C=O) groups excluding carboxylic acids is 1. The van der Waals surface area contributed by atoms with Crippen molar-refractivity contribution in [1.29, 1.82) is 0 Å². The molecule has 1 aliphatic carbocycles. The van der Waals surface area contributed by atoms with E-state index in [0.717, 1.165) is 18.3 Å². The predicted octanol–water partition coefficient (Wildman–Crippen LogP) is 6.93. The Morgan fingerprint density at radius 2 is 1.76 bits per heavy atom. The maximum atomic E-state index is 11.6. The fraction of sp³-hybridized carbons (Fsp3) is 0.519. The first-order valence-corrected chi connectivity index (χ1v) is 11.5. The van der Waals surface area contributed by atoms with E-state index in [1.165, 1.54) is 73.3 Å². The number of fused-ring (bicyclic) bond motifs is 1. The van der Waals surface area contributed by atoms with Gasteiger partial charge in [0.1, 0.15) is 0 Å². The summed E-state index contributed by atoms with van der Waals surface area (Å²) in [6.45, 7) is 8.36. The van der Waals surface area contributed by atoms with Gasteiger partial charge in [0.05, 0.1) is 0 Å². The molecule has 156 valence electrons. The molecular weight excluding hydrogens is 354 g/mol. The first-order valence-electron chi connectivity index (χ1n) is 11.5. The van der Waals surface area contributed by atoms with Crippen molar-refractivity contribution in [2.45, 2.75) is 77.6 Å². The van der Waals surface area contributed by atoms with Gasteiger partial charge in [0.2, 0.25) is 5.91 Å². The van der Waals surface area contributed by atoms with Crippen molar-refractivity contribution in [1.82, 2.24) is 5.32 Å². The second-order valence-electron chi connectivity index (χ2n) is 8.94. The van der Waals surface area contributed by atoms with Crippen molar-refractivity contribution in [3.8, 4) is 0 Å². The third-order valence-electron chi connectivity index (χ3n) is 6.55. The van der Waals surface area contributed by atoms with Gasteiger partial charge in [-0.25, -0.2) is 0 Å². The highest BCUT2D eigenvalue weighted by Crippen LogP contribution is 2.38. The van der Waals surface area contributed by atoms with Gasteiger partial charge < -0.3 is 5.32 Å². The lowest BCUT2D eigenvalue weighted by atomic mass is 9.77. The summed E-state index contributed by atoms with van der Waals surface area (Å²) in [4.78, 5) is 11.6. The Hall–Kier alpha value is -2.09. The van der Waals surface area contributed by atoms with Gasteiger partial charge in [0.15, 0.2) is 0 Å². The van der Waals surface area contributed by atoms with E-state index in [2.05, 4.69) is 55.2 Å².